The summed E-state index contributed by atoms with van der Waals surface area (Å²) in [6.07, 6.45) is 27.2. The first-order valence-electron chi connectivity index (χ1n) is 19.3. The van der Waals surface area contributed by atoms with Gasteiger partial charge < -0.3 is 0 Å². The molecule has 0 spiro atoms. The Morgan fingerprint density at radius 1 is 0.550 bits per heavy atom. The van der Waals surface area contributed by atoms with Crippen molar-refractivity contribution in [2.24, 2.45) is 82.9 Å². The maximum absolute atomic E-state index is 2.63. The van der Waals surface area contributed by atoms with Gasteiger partial charge >= 0.3 is 0 Å². The van der Waals surface area contributed by atoms with Gasteiger partial charge in [0.05, 0.1) is 0 Å². The van der Waals surface area contributed by atoms with Crippen molar-refractivity contribution in [2.75, 3.05) is 0 Å². The predicted molar refractivity (Wildman–Crippen MR) is 177 cm³/mol. The van der Waals surface area contributed by atoms with Crippen molar-refractivity contribution in [1.29, 1.82) is 0 Å². The van der Waals surface area contributed by atoms with Crippen molar-refractivity contribution in [3.63, 3.8) is 0 Å². The van der Waals surface area contributed by atoms with Crippen molar-refractivity contribution < 1.29 is 0 Å². The smallest absolute Gasteiger partial charge is 0.0321 e. The minimum atomic E-state index is 0.972. The fourth-order valence-corrected chi connectivity index (χ4v) is 12.1. The third kappa shape index (κ3) is 7.55. The van der Waals surface area contributed by atoms with Gasteiger partial charge in [-0.1, -0.05) is 113 Å². The van der Waals surface area contributed by atoms with E-state index in [9.17, 15) is 0 Å². The lowest BCUT2D eigenvalue weighted by Gasteiger charge is -2.52. The highest BCUT2D eigenvalue weighted by Gasteiger charge is 2.49. The van der Waals surface area contributed by atoms with Crippen molar-refractivity contribution in [3.05, 3.63) is 0 Å². The molecule has 0 heterocycles. The summed E-state index contributed by atoms with van der Waals surface area (Å²) in [5, 5.41) is 0. The summed E-state index contributed by atoms with van der Waals surface area (Å²) in [5.74, 6) is 14.6. The molecule has 0 aromatic carbocycles. The first kappa shape index (κ1) is 32.9. The summed E-state index contributed by atoms with van der Waals surface area (Å²) in [6, 6.07) is 0. The Morgan fingerprint density at radius 3 is 1.93 bits per heavy atom. The van der Waals surface area contributed by atoms with E-state index in [1.54, 1.807) is 38.5 Å². The molecule has 0 aromatic rings. The van der Waals surface area contributed by atoms with Crippen LogP contribution in [0.1, 0.15) is 171 Å². The molecule has 0 aromatic heterocycles. The van der Waals surface area contributed by atoms with E-state index >= 15 is 0 Å². The van der Waals surface area contributed by atoms with E-state index in [-0.39, 0.29) is 0 Å². The molecule has 5 aliphatic rings. The Morgan fingerprint density at radius 2 is 1.27 bits per heavy atom. The lowest BCUT2D eigenvalue weighted by molar-refractivity contribution is -0.0297. The number of hydrogen-bond donors (Lipinski definition) is 0. The van der Waals surface area contributed by atoms with Crippen LogP contribution < -0.4 is 0 Å². The SMILES string of the molecule is CCC1CCC(C2CCC(C)C2)C(C)C1C.CCCCC1C(C)CC2CCCC2C1C1CC(CC)CCC1CC. The van der Waals surface area contributed by atoms with Crippen LogP contribution in [0.4, 0.5) is 0 Å². The van der Waals surface area contributed by atoms with E-state index in [4.69, 9.17) is 0 Å². The molecule has 5 saturated carbocycles. The minimum Gasteiger partial charge on any atom is -0.0654 e. The molecule has 40 heavy (non-hydrogen) atoms. The van der Waals surface area contributed by atoms with E-state index in [1.807, 2.05) is 0 Å². The molecule has 0 N–H and O–H groups in total. The summed E-state index contributed by atoms with van der Waals surface area (Å²) < 4.78 is 0. The Hall–Kier alpha value is 0. The Kier molecular flexibility index (Phi) is 12.9. The van der Waals surface area contributed by atoms with E-state index in [1.165, 1.54) is 77.0 Å². The lowest BCUT2D eigenvalue weighted by atomic mass is 9.53. The van der Waals surface area contributed by atoms with Crippen LogP contribution in [-0.4, -0.2) is 0 Å². The first-order chi connectivity index (χ1) is 19.3. The van der Waals surface area contributed by atoms with Gasteiger partial charge in [0.15, 0.2) is 0 Å². The lowest BCUT2D eigenvalue weighted by Crippen LogP contribution is -2.45. The average molecular weight is 555 g/mol. The monoisotopic (exact) mass is 555 g/mol. The van der Waals surface area contributed by atoms with Gasteiger partial charge in [-0.05, 0) is 141 Å². The molecule has 0 radical (unpaired) electrons. The van der Waals surface area contributed by atoms with Crippen LogP contribution in [0.25, 0.3) is 0 Å². The summed E-state index contributed by atoms with van der Waals surface area (Å²) >= 11 is 0. The molecular formula is C40H74. The Bertz CT molecular complexity index is 709. The van der Waals surface area contributed by atoms with E-state index in [0.29, 0.717) is 0 Å². The molecule has 0 heteroatoms. The maximum atomic E-state index is 2.63. The van der Waals surface area contributed by atoms with E-state index in [2.05, 4.69) is 55.4 Å². The molecule has 0 saturated heterocycles. The topological polar surface area (TPSA) is 0 Å². The predicted octanol–water partition coefficient (Wildman–Crippen LogP) is 12.8. The molecule has 0 aliphatic heterocycles. The van der Waals surface area contributed by atoms with Gasteiger partial charge in [-0.15, -0.1) is 0 Å². The molecule has 0 nitrogen and oxygen atoms in total. The van der Waals surface area contributed by atoms with Gasteiger partial charge in [0.25, 0.3) is 0 Å². The highest BCUT2D eigenvalue weighted by molar-refractivity contribution is 4.99. The van der Waals surface area contributed by atoms with E-state index < -0.39 is 0 Å². The fraction of sp³-hybridized carbons (Fsp3) is 1.00. The average Bonchev–Trinajstić information content (AvgIpc) is 3.61. The van der Waals surface area contributed by atoms with Crippen LogP contribution in [0, 0.1) is 82.9 Å². The third-order valence-corrected chi connectivity index (χ3v) is 14.7. The second-order valence-electron chi connectivity index (χ2n) is 16.7. The van der Waals surface area contributed by atoms with Gasteiger partial charge in [0.2, 0.25) is 0 Å². The van der Waals surface area contributed by atoms with Crippen LogP contribution >= 0.6 is 0 Å². The zero-order valence-corrected chi connectivity index (χ0v) is 28.8. The van der Waals surface area contributed by atoms with Crippen LogP contribution in [0.2, 0.25) is 0 Å². The molecule has 234 valence electrons. The maximum Gasteiger partial charge on any atom is -0.0321 e. The standard InChI is InChI=1S/C24H44.C16H30/c1-5-8-11-21-17(4)15-20-10-9-12-22(20)24(21)23-16-18(6-2)13-14-19(23)7-3;1-5-14-8-9-16(13(4)12(14)3)15-7-6-11(2)10-15/h17-24H,5-16H2,1-4H3;11-16H,5-10H2,1-4H3. The zero-order chi connectivity index (χ0) is 28.8. The van der Waals surface area contributed by atoms with Crippen molar-refractivity contribution in [3.8, 4) is 0 Å². The number of hydrogen-bond acceptors (Lipinski definition) is 0. The third-order valence-electron chi connectivity index (χ3n) is 14.7. The van der Waals surface area contributed by atoms with Gasteiger partial charge in [-0.3, -0.25) is 0 Å². The molecule has 14 atom stereocenters. The highest BCUT2D eigenvalue weighted by Crippen LogP contribution is 2.58. The molecule has 0 amide bonds. The summed E-state index contributed by atoms with van der Waals surface area (Å²) in [6.45, 7) is 19.8. The van der Waals surface area contributed by atoms with Gasteiger partial charge in [0.1, 0.15) is 0 Å². The second-order valence-corrected chi connectivity index (χ2v) is 16.7. The van der Waals surface area contributed by atoms with Crippen LogP contribution in [-0.2, 0) is 0 Å². The molecule has 5 rings (SSSR count). The Balaban J connectivity index is 0.000000201. The quantitative estimate of drug-likeness (QED) is 0.280. The molecule has 14 unspecified atom stereocenters. The minimum absolute atomic E-state index is 0.972. The summed E-state index contributed by atoms with van der Waals surface area (Å²) in [5.41, 5.74) is 0. The van der Waals surface area contributed by atoms with Gasteiger partial charge in [-0.25, -0.2) is 0 Å². The molecule has 5 aliphatic carbocycles. The van der Waals surface area contributed by atoms with Gasteiger partial charge in [-0.2, -0.15) is 0 Å². The summed E-state index contributed by atoms with van der Waals surface area (Å²) in [7, 11) is 0. The number of fused-ring (bicyclic) bond motifs is 1. The van der Waals surface area contributed by atoms with Crippen LogP contribution in [0.3, 0.4) is 0 Å². The van der Waals surface area contributed by atoms with E-state index in [0.717, 1.165) is 82.9 Å². The summed E-state index contributed by atoms with van der Waals surface area (Å²) in [4.78, 5) is 0. The number of rotatable bonds is 8. The highest BCUT2D eigenvalue weighted by atomic mass is 14.5. The zero-order valence-electron chi connectivity index (χ0n) is 28.8. The molecule has 5 fully saturated rings. The fourth-order valence-electron chi connectivity index (χ4n) is 12.1. The number of unbranched alkanes of at least 4 members (excludes halogenated alkanes) is 1. The molecule has 0 bridgehead atoms. The van der Waals surface area contributed by atoms with Gasteiger partial charge in [0, 0.05) is 0 Å². The van der Waals surface area contributed by atoms with Crippen LogP contribution in [0.15, 0.2) is 0 Å². The van der Waals surface area contributed by atoms with Crippen molar-refractivity contribution in [2.45, 2.75) is 171 Å². The Labute approximate surface area is 253 Å². The molecular weight excluding hydrogens is 480 g/mol. The largest absolute Gasteiger partial charge is 0.0654 e. The van der Waals surface area contributed by atoms with Crippen molar-refractivity contribution in [1.82, 2.24) is 0 Å². The van der Waals surface area contributed by atoms with Crippen LogP contribution in [0.5, 0.6) is 0 Å². The second kappa shape index (κ2) is 15.6. The van der Waals surface area contributed by atoms with Crippen molar-refractivity contribution >= 4 is 0 Å². The first-order valence-corrected chi connectivity index (χ1v) is 19.3. The normalized spacial score (nSPS) is 47.4.